The van der Waals surface area contributed by atoms with Crippen LogP contribution >= 0.6 is 0 Å². The summed E-state index contributed by atoms with van der Waals surface area (Å²) in [5, 5.41) is 3.42. The van der Waals surface area contributed by atoms with Gasteiger partial charge < -0.3 is 15.8 Å². The number of ether oxygens (including phenoxy) is 1. The first-order valence-electron chi connectivity index (χ1n) is 9.10. The van der Waals surface area contributed by atoms with Crippen molar-refractivity contribution in [3.8, 4) is 11.4 Å². The average molecular weight is 353 g/mol. The number of aryl methyl sites for hydroxylation is 1. The number of rotatable bonds is 5. The topological polar surface area (TPSA) is 103 Å². The van der Waals surface area contributed by atoms with Gasteiger partial charge in [0.2, 0.25) is 5.91 Å². The summed E-state index contributed by atoms with van der Waals surface area (Å²) >= 11 is 0. The van der Waals surface area contributed by atoms with Crippen LogP contribution in [0.2, 0.25) is 0 Å². The van der Waals surface area contributed by atoms with Crippen LogP contribution in [0.15, 0.2) is 24.5 Å². The lowest BCUT2D eigenvalue weighted by molar-refractivity contribution is -0.132. The summed E-state index contributed by atoms with van der Waals surface area (Å²) in [4.78, 5) is 25.7. The second-order valence-electron chi connectivity index (χ2n) is 7.02. The summed E-state index contributed by atoms with van der Waals surface area (Å²) in [5.74, 6) is 1.25. The number of carbonyl (C=O) groups excluding carboxylic acids is 1. The Balaban J connectivity index is 1.63. The molecule has 3 heterocycles. The van der Waals surface area contributed by atoms with Crippen LogP contribution in [-0.2, 0) is 22.4 Å². The average Bonchev–Trinajstić information content (AvgIpc) is 3.16. The van der Waals surface area contributed by atoms with Gasteiger partial charge in [0.1, 0.15) is 5.82 Å². The molecule has 136 valence electrons. The molecule has 7 nitrogen and oxygen atoms in total. The van der Waals surface area contributed by atoms with E-state index in [1.54, 1.807) is 12.4 Å². The zero-order valence-electron chi connectivity index (χ0n) is 14.7. The lowest BCUT2D eigenvalue weighted by atomic mass is 9.79. The van der Waals surface area contributed by atoms with E-state index in [1.807, 2.05) is 12.1 Å². The molecule has 0 atom stereocenters. The molecule has 7 heteroatoms. The molecule has 1 saturated heterocycles. The second kappa shape index (κ2) is 6.99. The molecule has 2 aliphatic rings. The predicted molar refractivity (Wildman–Crippen MR) is 97.5 cm³/mol. The summed E-state index contributed by atoms with van der Waals surface area (Å²) in [5.41, 5.74) is 8.34. The number of fused-ring (bicyclic) bond motifs is 1. The number of pyridine rings is 1. The van der Waals surface area contributed by atoms with Gasteiger partial charge in [0.05, 0.1) is 5.41 Å². The van der Waals surface area contributed by atoms with Crippen molar-refractivity contribution in [3.63, 3.8) is 0 Å². The Morgan fingerprint density at radius 3 is 2.69 bits per heavy atom. The summed E-state index contributed by atoms with van der Waals surface area (Å²) in [7, 11) is 0. The highest BCUT2D eigenvalue weighted by Crippen LogP contribution is 2.33. The van der Waals surface area contributed by atoms with E-state index in [0.717, 1.165) is 41.9 Å². The van der Waals surface area contributed by atoms with E-state index in [9.17, 15) is 4.79 Å². The Labute approximate surface area is 152 Å². The Hall–Kier alpha value is -2.54. The summed E-state index contributed by atoms with van der Waals surface area (Å²) < 4.78 is 5.41. The van der Waals surface area contributed by atoms with Crippen molar-refractivity contribution in [2.24, 2.45) is 11.1 Å². The van der Waals surface area contributed by atoms with E-state index in [-0.39, 0.29) is 5.91 Å². The maximum absolute atomic E-state index is 12.1. The smallest absolute Gasteiger partial charge is 0.225 e. The second-order valence-corrected chi connectivity index (χ2v) is 7.02. The van der Waals surface area contributed by atoms with Gasteiger partial charge in [-0.1, -0.05) is 0 Å². The van der Waals surface area contributed by atoms with Crippen LogP contribution in [0, 0.1) is 5.41 Å². The molecule has 4 rings (SSSR count). The number of nitrogens with one attached hydrogen (secondary N) is 1. The summed E-state index contributed by atoms with van der Waals surface area (Å²) in [6.07, 6.45) is 7.75. The number of anilines is 1. The Bertz CT molecular complexity index is 803. The van der Waals surface area contributed by atoms with Gasteiger partial charge in [0.15, 0.2) is 5.82 Å². The Kier molecular flexibility index (Phi) is 4.55. The Morgan fingerprint density at radius 1 is 1.19 bits per heavy atom. The number of hydrogen-bond donors (Lipinski definition) is 2. The SMILES string of the molecule is NC(=O)C1(CNc2nc(-c3ccncc3)nc3c2CCC3)CCOCC1. The van der Waals surface area contributed by atoms with Gasteiger partial charge in [0.25, 0.3) is 0 Å². The largest absolute Gasteiger partial charge is 0.381 e. The van der Waals surface area contributed by atoms with Gasteiger partial charge in [-0.05, 0) is 44.2 Å². The fourth-order valence-corrected chi connectivity index (χ4v) is 3.73. The number of nitrogens with zero attached hydrogens (tertiary/aromatic N) is 3. The maximum Gasteiger partial charge on any atom is 0.225 e. The van der Waals surface area contributed by atoms with E-state index in [2.05, 4.69) is 10.3 Å². The van der Waals surface area contributed by atoms with Gasteiger partial charge in [-0.3, -0.25) is 9.78 Å². The fourth-order valence-electron chi connectivity index (χ4n) is 3.73. The fraction of sp³-hybridized carbons (Fsp3) is 0.474. The molecule has 1 amide bonds. The number of aromatic nitrogens is 3. The monoisotopic (exact) mass is 353 g/mol. The van der Waals surface area contributed by atoms with Crippen LogP contribution in [0.4, 0.5) is 5.82 Å². The first-order valence-corrected chi connectivity index (χ1v) is 9.10. The van der Waals surface area contributed by atoms with Gasteiger partial charge in [-0.25, -0.2) is 9.97 Å². The number of carbonyl (C=O) groups is 1. The highest BCUT2D eigenvalue weighted by molar-refractivity contribution is 5.81. The highest BCUT2D eigenvalue weighted by Gasteiger charge is 2.38. The van der Waals surface area contributed by atoms with Crippen molar-refractivity contribution in [1.29, 1.82) is 0 Å². The van der Waals surface area contributed by atoms with Gasteiger partial charge in [-0.15, -0.1) is 0 Å². The molecule has 1 fully saturated rings. The minimum absolute atomic E-state index is 0.270. The zero-order chi connectivity index (χ0) is 18.0. The standard InChI is InChI=1S/C19H23N5O2/c20-18(25)19(6-10-26-11-7-19)12-22-17-14-2-1-3-15(14)23-16(24-17)13-4-8-21-9-5-13/h4-5,8-9H,1-3,6-7,10-12H2,(H2,20,25)(H,22,23,24). The Morgan fingerprint density at radius 2 is 1.96 bits per heavy atom. The zero-order valence-corrected chi connectivity index (χ0v) is 14.7. The molecule has 0 radical (unpaired) electrons. The van der Waals surface area contributed by atoms with Crippen molar-refractivity contribution < 1.29 is 9.53 Å². The molecule has 0 aromatic carbocycles. The maximum atomic E-state index is 12.1. The predicted octanol–water partition coefficient (Wildman–Crippen LogP) is 1.72. The van der Waals surface area contributed by atoms with Crippen LogP contribution in [0.25, 0.3) is 11.4 Å². The van der Waals surface area contributed by atoms with Crippen LogP contribution in [0.1, 0.15) is 30.5 Å². The van der Waals surface area contributed by atoms with Crippen LogP contribution < -0.4 is 11.1 Å². The van der Waals surface area contributed by atoms with Gasteiger partial charge in [-0.2, -0.15) is 0 Å². The molecule has 1 aliphatic carbocycles. The number of primary amides is 1. The number of hydrogen-bond acceptors (Lipinski definition) is 6. The summed E-state index contributed by atoms with van der Waals surface area (Å²) in [6, 6.07) is 3.81. The van der Waals surface area contributed by atoms with Gasteiger partial charge >= 0.3 is 0 Å². The number of amides is 1. The molecule has 0 saturated carbocycles. The summed E-state index contributed by atoms with van der Waals surface area (Å²) in [6.45, 7) is 1.61. The number of nitrogens with two attached hydrogens (primary N) is 1. The van der Waals surface area contributed by atoms with E-state index in [4.69, 9.17) is 20.4 Å². The molecule has 0 unspecified atom stereocenters. The molecule has 0 spiro atoms. The van der Waals surface area contributed by atoms with Crippen molar-refractivity contribution >= 4 is 11.7 Å². The first kappa shape index (κ1) is 16.9. The van der Waals surface area contributed by atoms with Crippen molar-refractivity contribution in [2.45, 2.75) is 32.1 Å². The molecule has 1 aliphatic heterocycles. The van der Waals surface area contributed by atoms with Crippen molar-refractivity contribution in [3.05, 3.63) is 35.8 Å². The molecule has 26 heavy (non-hydrogen) atoms. The van der Waals surface area contributed by atoms with E-state index in [0.29, 0.717) is 38.4 Å². The first-order chi connectivity index (χ1) is 12.7. The molecule has 2 aromatic heterocycles. The third kappa shape index (κ3) is 3.14. The molecule has 3 N–H and O–H groups in total. The minimum Gasteiger partial charge on any atom is -0.381 e. The normalized spacial score (nSPS) is 18.3. The third-order valence-corrected chi connectivity index (χ3v) is 5.44. The molecule has 2 aromatic rings. The molecule has 0 bridgehead atoms. The van der Waals surface area contributed by atoms with E-state index in [1.165, 1.54) is 0 Å². The molecular formula is C19H23N5O2. The van der Waals surface area contributed by atoms with E-state index >= 15 is 0 Å². The lowest BCUT2D eigenvalue weighted by Gasteiger charge is -2.34. The molecular weight excluding hydrogens is 330 g/mol. The highest BCUT2D eigenvalue weighted by atomic mass is 16.5. The quantitative estimate of drug-likeness (QED) is 0.848. The lowest BCUT2D eigenvalue weighted by Crippen LogP contribution is -2.46. The van der Waals surface area contributed by atoms with Crippen molar-refractivity contribution in [1.82, 2.24) is 15.0 Å². The van der Waals surface area contributed by atoms with E-state index < -0.39 is 5.41 Å². The van der Waals surface area contributed by atoms with Crippen molar-refractivity contribution in [2.75, 3.05) is 25.1 Å². The third-order valence-electron chi connectivity index (χ3n) is 5.44. The van der Waals surface area contributed by atoms with Crippen LogP contribution in [0.3, 0.4) is 0 Å². The van der Waals surface area contributed by atoms with Crippen LogP contribution in [0.5, 0.6) is 0 Å². The van der Waals surface area contributed by atoms with Crippen LogP contribution in [-0.4, -0.2) is 40.6 Å². The van der Waals surface area contributed by atoms with Gasteiger partial charge in [0, 0.05) is 49.0 Å². The minimum atomic E-state index is -0.578.